The Kier molecular flexibility index (Phi) is 14.4. The van der Waals surface area contributed by atoms with Crippen LogP contribution in [0.5, 0.6) is 28.7 Å². The van der Waals surface area contributed by atoms with Crippen molar-refractivity contribution in [2.45, 2.75) is 72.7 Å². The van der Waals surface area contributed by atoms with Gasteiger partial charge in [-0.15, -0.1) is 0 Å². The van der Waals surface area contributed by atoms with Gasteiger partial charge < -0.3 is 43.2 Å². The summed E-state index contributed by atoms with van der Waals surface area (Å²) >= 11 is 19.3. The maximum absolute atomic E-state index is 14.7. The zero-order chi connectivity index (χ0) is 48.7. The number of carbonyl (C=O) groups is 2. The van der Waals surface area contributed by atoms with Crippen LogP contribution in [-0.4, -0.2) is 116 Å². The number of thioether (sulfide) groups is 1. The summed E-state index contributed by atoms with van der Waals surface area (Å²) in [4.78, 5) is 32.5. The normalized spacial score (nSPS) is 21.3. The zero-order valence-corrected chi connectivity index (χ0v) is 41.9. The summed E-state index contributed by atoms with van der Waals surface area (Å²) in [6.45, 7) is 7.17. The maximum Gasteiger partial charge on any atom is 0.408 e. The summed E-state index contributed by atoms with van der Waals surface area (Å²) in [6, 6.07) is 17.7. The molecule has 9 rings (SSSR count). The SMILES string of the molecule is C=CCOc1c(C)c2c(c3c1CC1[C@H]4c5c(cc(C)c(OC)c5OCOC)C[C@H]([C@H](C#N)N1[C@H]3COC(=O)[C@@H](CSCC1c3ccccc3-c3ccccc31)NC(=O)OCC(Cl)(Cl)Cl)N4C)OCO2. The van der Waals surface area contributed by atoms with Crippen molar-refractivity contribution in [3.8, 4) is 45.9 Å². The third-order valence-electron chi connectivity index (χ3n) is 13.8. The number of carbonyl (C=O) groups excluding carboxylic acids is 2. The first-order valence-electron chi connectivity index (χ1n) is 22.6. The van der Waals surface area contributed by atoms with Gasteiger partial charge in [0.05, 0.1) is 25.3 Å². The van der Waals surface area contributed by atoms with Crippen LogP contribution in [0, 0.1) is 25.2 Å². The molecule has 2 bridgehead atoms. The summed E-state index contributed by atoms with van der Waals surface area (Å²) in [5.74, 6) is 2.80. The molecular formula is C51H53Cl3N4O10S. The van der Waals surface area contributed by atoms with E-state index in [1.807, 2.05) is 45.2 Å². The lowest BCUT2D eigenvalue weighted by Crippen LogP contribution is -2.68. The number of ether oxygens (including phenoxy) is 8. The fourth-order valence-electron chi connectivity index (χ4n) is 11.1. The Morgan fingerprint density at radius 2 is 1.68 bits per heavy atom. The van der Waals surface area contributed by atoms with Gasteiger partial charge in [0.15, 0.2) is 29.8 Å². The molecule has 4 heterocycles. The number of rotatable bonds is 16. The van der Waals surface area contributed by atoms with Gasteiger partial charge in [-0.25, -0.2) is 9.59 Å². The Balaban J connectivity index is 1.09. The van der Waals surface area contributed by atoms with Crippen molar-refractivity contribution in [1.82, 2.24) is 15.1 Å². The van der Waals surface area contributed by atoms with Crippen LogP contribution in [0.15, 0.2) is 67.3 Å². The predicted octanol–water partition coefficient (Wildman–Crippen LogP) is 8.91. The van der Waals surface area contributed by atoms with Crippen LogP contribution in [0.1, 0.15) is 62.5 Å². The number of nitrogens with one attached hydrogen (secondary N) is 1. The van der Waals surface area contributed by atoms with E-state index in [9.17, 15) is 14.9 Å². The van der Waals surface area contributed by atoms with Gasteiger partial charge in [-0.3, -0.25) is 9.80 Å². The molecule has 6 atom stereocenters. The number of benzene rings is 4. The third-order valence-corrected chi connectivity index (χ3v) is 15.2. The second-order valence-electron chi connectivity index (χ2n) is 17.7. The van der Waals surface area contributed by atoms with E-state index in [-0.39, 0.29) is 50.6 Å². The number of piperazine rings is 1. The number of hydrogen-bond donors (Lipinski definition) is 1. The second kappa shape index (κ2) is 20.4. The minimum Gasteiger partial charge on any atom is -0.493 e. The zero-order valence-electron chi connectivity index (χ0n) is 38.9. The van der Waals surface area contributed by atoms with E-state index >= 15 is 0 Å². The number of esters is 1. The van der Waals surface area contributed by atoms with Crippen LogP contribution < -0.4 is 29.0 Å². The Morgan fingerprint density at radius 1 is 0.971 bits per heavy atom. The van der Waals surface area contributed by atoms with E-state index in [1.165, 1.54) is 34.0 Å². The first kappa shape index (κ1) is 49.0. The fraction of sp³-hybridized carbons (Fsp3) is 0.431. The Hall–Kier alpha value is -5.05. The molecule has 4 aromatic carbocycles. The summed E-state index contributed by atoms with van der Waals surface area (Å²) < 4.78 is 46.5. The Bertz CT molecular complexity index is 2650. The fourth-order valence-corrected chi connectivity index (χ4v) is 12.4. The first-order valence-corrected chi connectivity index (χ1v) is 24.9. The minimum absolute atomic E-state index is 0.0162. The van der Waals surface area contributed by atoms with Crippen molar-refractivity contribution in [2.24, 2.45) is 0 Å². The van der Waals surface area contributed by atoms with Crippen molar-refractivity contribution >= 4 is 58.6 Å². The van der Waals surface area contributed by atoms with Crippen LogP contribution in [0.25, 0.3) is 11.1 Å². The highest BCUT2D eigenvalue weighted by atomic mass is 35.6. The van der Waals surface area contributed by atoms with E-state index in [1.54, 1.807) is 20.3 Å². The number of halogens is 3. The summed E-state index contributed by atoms with van der Waals surface area (Å²) in [5.41, 5.74) is 9.85. The molecule has 1 amide bonds. The van der Waals surface area contributed by atoms with E-state index in [2.05, 4.69) is 58.1 Å². The van der Waals surface area contributed by atoms with Gasteiger partial charge in [0.1, 0.15) is 37.7 Å². The van der Waals surface area contributed by atoms with Crippen molar-refractivity contribution in [2.75, 3.05) is 66.2 Å². The molecule has 0 aromatic heterocycles. The van der Waals surface area contributed by atoms with Gasteiger partial charge in [0.25, 0.3) is 0 Å². The quantitative estimate of drug-likeness (QED) is 0.0493. The van der Waals surface area contributed by atoms with Crippen molar-refractivity contribution < 1.29 is 47.5 Å². The average molecular weight is 1020 g/mol. The Morgan fingerprint density at radius 3 is 2.35 bits per heavy atom. The molecule has 1 unspecified atom stereocenters. The van der Waals surface area contributed by atoms with E-state index < -0.39 is 46.6 Å². The van der Waals surface area contributed by atoms with Crippen LogP contribution >= 0.6 is 46.6 Å². The van der Waals surface area contributed by atoms with E-state index in [0.717, 1.165) is 27.8 Å². The largest absolute Gasteiger partial charge is 0.493 e. The highest BCUT2D eigenvalue weighted by Gasteiger charge is 2.57. The maximum atomic E-state index is 14.7. The topological polar surface area (TPSA) is 150 Å². The molecule has 1 aliphatic carbocycles. The molecule has 4 aromatic rings. The number of methoxy groups -OCH3 is 2. The molecule has 0 radical (unpaired) electrons. The molecule has 1 saturated heterocycles. The molecular weight excluding hydrogens is 967 g/mol. The summed E-state index contributed by atoms with van der Waals surface area (Å²) in [6.07, 6.45) is 1.64. The van der Waals surface area contributed by atoms with Gasteiger partial charge in [0.2, 0.25) is 10.6 Å². The molecule has 18 heteroatoms. The number of amides is 1. The third kappa shape index (κ3) is 9.14. The van der Waals surface area contributed by atoms with Crippen LogP contribution in [0.2, 0.25) is 0 Å². The van der Waals surface area contributed by atoms with Crippen molar-refractivity contribution in [3.05, 3.63) is 112 Å². The standard InChI is InChI=1S/C51H53Cl3N4O10S/c1-7-16-63-45-28(3)46-48(68-26-67-46)42-34(45)19-38-43-41-29(17-27(2)44(62-6)47(41)66-25-61-5)18-37(57(43)4)39(20-55)58(38)40(42)21-64-49(59)36(56-50(60)65-24-51(52,53)54)23-69-22-35-32-14-10-8-12-30(32)31-13-9-11-15-33(31)35/h7-15,17,35-40,43H,1,16,18-19,21-26H2,2-6H3,(H,56,60)/t36-,37-,38?,39+,40+,43+/m1/s1. The molecule has 364 valence electrons. The predicted molar refractivity (Wildman–Crippen MR) is 263 cm³/mol. The number of alkyl halides is 3. The average Bonchev–Trinajstić information content (AvgIpc) is 3.95. The lowest BCUT2D eigenvalue weighted by molar-refractivity contribution is -0.150. The smallest absolute Gasteiger partial charge is 0.408 e. The van der Waals surface area contributed by atoms with Gasteiger partial charge in [-0.2, -0.15) is 17.0 Å². The lowest BCUT2D eigenvalue weighted by atomic mass is 9.71. The van der Waals surface area contributed by atoms with Crippen LogP contribution in [-0.2, 0) is 31.8 Å². The van der Waals surface area contributed by atoms with Crippen molar-refractivity contribution in [1.29, 1.82) is 5.26 Å². The summed E-state index contributed by atoms with van der Waals surface area (Å²) in [7, 11) is 5.22. The van der Waals surface area contributed by atoms with Gasteiger partial charge in [-0.1, -0.05) is 102 Å². The summed E-state index contributed by atoms with van der Waals surface area (Å²) in [5, 5.41) is 14.0. The number of fused-ring (bicyclic) bond motifs is 12. The minimum atomic E-state index is -1.88. The lowest BCUT2D eigenvalue weighted by Gasteiger charge is -2.60. The van der Waals surface area contributed by atoms with Gasteiger partial charge >= 0.3 is 12.1 Å². The Labute approximate surface area is 420 Å². The van der Waals surface area contributed by atoms with E-state index in [0.29, 0.717) is 52.9 Å². The first-order chi connectivity index (χ1) is 33.3. The monoisotopic (exact) mass is 1020 g/mol. The number of nitrogens with zero attached hydrogens (tertiary/aromatic N) is 3. The molecule has 1 N–H and O–H groups in total. The van der Waals surface area contributed by atoms with Crippen LogP contribution in [0.3, 0.4) is 0 Å². The molecule has 69 heavy (non-hydrogen) atoms. The molecule has 0 spiro atoms. The van der Waals surface area contributed by atoms with Crippen molar-refractivity contribution in [3.63, 3.8) is 0 Å². The molecule has 0 saturated carbocycles. The number of alkyl carbamates (subject to hydrolysis) is 1. The van der Waals surface area contributed by atoms with Gasteiger partial charge in [-0.05, 0) is 67.1 Å². The molecule has 14 nitrogen and oxygen atoms in total. The highest BCUT2D eigenvalue weighted by molar-refractivity contribution is 7.99. The molecule has 4 aliphatic heterocycles. The van der Waals surface area contributed by atoms with Crippen LogP contribution in [0.4, 0.5) is 4.79 Å². The van der Waals surface area contributed by atoms with E-state index in [4.69, 9.17) is 72.7 Å². The highest BCUT2D eigenvalue weighted by Crippen LogP contribution is 2.59. The number of hydrogen-bond acceptors (Lipinski definition) is 14. The number of likely N-dealkylation sites (N-methyl/N-ethyl adjacent to an activating group) is 1. The number of nitriles is 1. The second-order valence-corrected chi connectivity index (χ2v) is 21.3. The van der Waals surface area contributed by atoms with Gasteiger partial charge in [0, 0.05) is 58.9 Å². The molecule has 5 aliphatic rings. The number of aryl methyl sites for hydroxylation is 1. The molecule has 1 fully saturated rings.